The van der Waals surface area contributed by atoms with Crippen molar-refractivity contribution in [2.45, 2.75) is 45.4 Å². The van der Waals surface area contributed by atoms with E-state index in [4.69, 9.17) is 9.73 Å². The van der Waals surface area contributed by atoms with Crippen molar-refractivity contribution in [2.75, 3.05) is 0 Å². The molecular formula is C22H26N2O2. The molecule has 4 nitrogen and oxygen atoms in total. The zero-order valence-corrected chi connectivity index (χ0v) is 15.6. The number of benzene rings is 2. The highest BCUT2D eigenvalue weighted by Crippen LogP contribution is 2.41. The third kappa shape index (κ3) is 3.96. The second-order valence-electron chi connectivity index (χ2n) is 6.84. The second-order valence-corrected chi connectivity index (χ2v) is 6.84. The van der Waals surface area contributed by atoms with Crippen LogP contribution >= 0.6 is 0 Å². The van der Waals surface area contributed by atoms with Gasteiger partial charge in [0.1, 0.15) is 12.1 Å². The summed E-state index contributed by atoms with van der Waals surface area (Å²) in [5.41, 5.74) is 2.20. The molecule has 2 aromatic carbocycles. The van der Waals surface area contributed by atoms with Gasteiger partial charge in [-0.3, -0.25) is 4.79 Å². The molecule has 0 radical (unpaired) electrons. The Morgan fingerprint density at radius 3 is 2.19 bits per heavy atom. The first kappa shape index (κ1) is 18.2. The summed E-state index contributed by atoms with van der Waals surface area (Å²) in [6.45, 7) is 5.76. The number of nitrogens with one attached hydrogen (secondary N) is 1. The van der Waals surface area contributed by atoms with Gasteiger partial charge in [0.25, 0.3) is 0 Å². The maximum Gasteiger partial charge on any atom is 0.217 e. The van der Waals surface area contributed by atoms with E-state index in [2.05, 4.69) is 43.4 Å². The van der Waals surface area contributed by atoms with E-state index in [1.54, 1.807) is 0 Å². The standard InChI is InChI=1S/C22H26N2O2/c1-4-15(2)19(23-16(3)25)22-24-20(17-11-7-5-8-12-17)21(26-22)18-13-9-6-10-14-18/h5-15,19-21H,4H2,1-3H3,(H,23,25)/t15-,19?,20-,21?/m0/s1. The van der Waals surface area contributed by atoms with Crippen molar-refractivity contribution in [3.8, 4) is 0 Å². The number of carbonyl (C=O) groups is 1. The molecule has 136 valence electrons. The molecule has 0 fully saturated rings. The normalized spacial score (nSPS) is 21.4. The Kier molecular flexibility index (Phi) is 5.71. The summed E-state index contributed by atoms with van der Waals surface area (Å²) in [7, 11) is 0. The van der Waals surface area contributed by atoms with Crippen LogP contribution in [0, 0.1) is 5.92 Å². The highest BCUT2D eigenvalue weighted by molar-refractivity contribution is 5.88. The van der Waals surface area contributed by atoms with Crippen LogP contribution in [0.25, 0.3) is 0 Å². The van der Waals surface area contributed by atoms with Crippen LogP contribution in [0.4, 0.5) is 0 Å². The van der Waals surface area contributed by atoms with Crippen LogP contribution < -0.4 is 5.32 Å². The highest BCUT2D eigenvalue weighted by atomic mass is 16.5. The van der Waals surface area contributed by atoms with Gasteiger partial charge in [0.2, 0.25) is 11.8 Å². The van der Waals surface area contributed by atoms with Crippen molar-refractivity contribution < 1.29 is 9.53 Å². The first-order chi connectivity index (χ1) is 12.6. The van der Waals surface area contributed by atoms with Gasteiger partial charge in [0, 0.05) is 6.92 Å². The SMILES string of the molecule is CC[C@H](C)C(NC(C)=O)C1=N[C@@H](c2ccccc2)C(c2ccccc2)O1. The summed E-state index contributed by atoms with van der Waals surface area (Å²) < 4.78 is 6.34. The van der Waals surface area contributed by atoms with Crippen molar-refractivity contribution in [1.82, 2.24) is 5.32 Å². The van der Waals surface area contributed by atoms with Gasteiger partial charge < -0.3 is 10.1 Å². The number of hydrogen-bond donors (Lipinski definition) is 1. The van der Waals surface area contributed by atoms with Crippen molar-refractivity contribution in [1.29, 1.82) is 0 Å². The first-order valence-corrected chi connectivity index (χ1v) is 9.21. The minimum Gasteiger partial charge on any atom is -0.469 e. The minimum absolute atomic E-state index is 0.0685. The summed E-state index contributed by atoms with van der Waals surface area (Å²) >= 11 is 0. The van der Waals surface area contributed by atoms with Crippen molar-refractivity contribution in [2.24, 2.45) is 10.9 Å². The van der Waals surface area contributed by atoms with E-state index in [1.165, 1.54) is 6.92 Å². The van der Waals surface area contributed by atoms with Crippen molar-refractivity contribution in [3.05, 3.63) is 71.8 Å². The highest BCUT2D eigenvalue weighted by Gasteiger charge is 2.38. The Labute approximate surface area is 155 Å². The number of carbonyl (C=O) groups excluding carboxylic acids is 1. The number of amides is 1. The Balaban J connectivity index is 1.97. The van der Waals surface area contributed by atoms with Crippen LogP contribution in [0.3, 0.4) is 0 Å². The van der Waals surface area contributed by atoms with E-state index in [0.717, 1.165) is 17.5 Å². The van der Waals surface area contributed by atoms with E-state index in [9.17, 15) is 4.79 Å². The smallest absolute Gasteiger partial charge is 0.217 e. The Morgan fingerprint density at radius 1 is 1.08 bits per heavy atom. The average molecular weight is 350 g/mol. The van der Waals surface area contributed by atoms with E-state index < -0.39 is 0 Å². The Morgan fingerprint density at radius 2 is 1.65 bits per heavy atom. The van der Waals surface area contributed by atoms with Crippen LogP contribution in [0.15, 0.2) is 65.7 Å². The lowest BCUT2D eigenvalue weighted by atomic mass is 9.97. The van der Waals surface area contributed by atoms with Gasteiger partial charge in [-0.25, -0.2) is 4.99 Å². The third-order valence-corrected chi connectivity index (χ3v) is 4.91. The summed E-state index contributed by atoms with van der Waals surface area (Å²) in [6.07, 6.45) is 0.744. The molecule has 0 aliphatic carbocycles. The quantitative estimate of drug-likeness (QED) is 0.837. The molecule has 4 heteroatoms. The maximum atomic E-state index is 11.7. The van der Waals surface area contributed by atoms with E-state index >= 15 is 0 Å². The first-order valence-electron chi connectivity index (χ1n) is 9.21. The molecule has 0 spiro atoms. The fraction of sp³-hybridized carbons (Fsp3) is 0.364. The molecule has 2 unspecified atom stereocenters. The van der Waals surface area contributed by atoms with Crippen molar-refractivity contribution >= 4 is 11.8 Å². The largest absolute Gasteiger partial charge is 0.469 e. The summed E-state index contributed by atoms with van der Waals surface area (Å²) in [6, 6.07) is 20.0. The molecule has 0 aromatic heterocycles. The van der Waals surface area contributed by atoms with E-state index in [1.807, 2.05) is 36.4 Å². The molecule has 1 aliphatic heterocycles. The topological polar surface area (TPSA) is 50.7 Å². The van der Waals surface area contributed by atoms with Gasteiger partial charge in [-0.2, -0.15) is 0 Å². The van der Waals surface area contributed by atoms with Gasteiger partial charge in [-0.1, -0.05) is 80.9 Å². The molecule has 1 heterocycles. The molecule has 1 amide bonds. The third-order valence-electron chi connectivity index (χ3n) is 4.91. The number of aliphatic imine (C=N–C) groups is 1. The van der Waals surface area contributed by atoms with Gasteiger partial charge in [0.15, 0.2) is 6.10 Å². The molecule has 2 aromatic rings. The van der Waals surface area contributed by atoms with Crippen LogP contribution in [0.5, 0.6) is 0 Å². The van der Waals surface area contributed by atoms with Crippen LogP contribution in [0.1, 0.15) is 50.5 Å². The van der Waals surface area contributed by atoms with E-state index in [0.29, 0.717) is 5.90 Å². The summed E-state index contributed by atoms with van der Waals surface area (Å²) in [5, 5.41) is 3.02. The predicted molar refractivity (Wildman–Crippen MR) is 104 cm³/mol. The monoisotopic (exact) mass is 350 g/mol. The molecule has 3 rings (SSSR count). The van der Waals surface area contributed by atoms with Gasteiger partial charge in [0.05, 0.1) is 0 Å². The zero-order chi connectivity index (χ0) is 18.5. The maximum absolute atomic E-state index is 11.7. The molecule has 0 saturated carbocycles. The molecule has 1 aliphatic rings. The number of nitrogens with zero attached hydrogens (tertiary/aromatic N) is 1. The summed E-state index contributed by atoms with van der Waals surface area (Å²) in [4.78, 5) is 16.6. The zero-order valence-electron chi connectivity index (χ0n) is 15.6. The average Bonchev–Trinajstić information content (AvgIpc) is 3.12. The second kappa shape index (κ2) is 8.17. The van der Waals surface area contributed by atoms with Gasteiger partial charge in [-0.05, 0) is 17.0 Å². The summed E-state index contributed by atoms with van der Waals surface area (Å²) in [5.74, 6) is 0.793. The fourth-order valence-electron chi connectivity index (χ4n) is 3.28. The number of ether oxygens (including phenoxy) is 1. The number of hydrogen-bond acceptors (Lipinski definition) is 3. The molecule has 1 N–H and O–H groups in total. The molecule has 4 atom stereocenters. The van der Waals surface area contributed by atoms with Gasteiger partial charge in [-0.15, -0.1) is 0 Å². The lowest BCUT2D eigenvalue weighted by molar-refractivity contribution is -0.119. The molecule has 0 bridgehead atoms. The van der Waals surface area contributed by atoms with Crippen molar-refractivity contribution in [3.63, 3.8) is 0 Å². The lowest BCUT2D eigenvalue weighted by Gasteiger charge is -2.24. The van der Waals surface area contributed by atoms with E-state index in [-0.39, 0.29) is 30.0 Å². The predicted octanol–water partition coefficient (Wildman–Crippen LogP) is 4.45. The molecule has 26 heavy (non-hydrogen) atoms. The van der Waals surface area contributed by atoms with Crippen LogP contribution in [-0.2, 0) is 9.53 Å². The number of rotatable bonds is 6. The Hall–Kier alpha value is -2.62. The lowest BCUT2D eigenvalue weighted by Crippen LogP contribution is -2.44. The van der Waals surface area contributed by atoms with Crippen LogP contribution in [0.2, 0.25) is 0 Å². The fourth-order valence-corrected chi connectivity index (χ4v) is 3.28. The molecular weight excluding hydrogens is 324 g/mol. The minimum atomic E-state index is -0.211. The Bertz CT molecular complexity index is 758. The molecule has 0 saturated heterocycles. The van der Waals surface area contributed by atoms with Crippen LogP contribution in [-0.4, -0.2) is 17.8 Å². The van der Waals surface area contributed by atoms with Gasteiger partial charge >= 0.3 is 0 Å².